The van der Waals surface area contributed by atoms with E-state index in [1.165, 1.54) is 22.3 Å². The number of hydrogen-bond donors (Lipinski definition) is 0. The van der Waals surface area contributed by atoms with E-state index < -0.39 is 5.41 Å². The van der Waals surface area contributed by atoms with Crippen molar-refractivity contribution < 1.29 is 13.6 Å². The van der Waals surface area contributed by atoms with Crippen LogP contribution in [0.2, 0.25) is 0 Å². The Morgan fingerprint density at radius 2 is 0.980 bits per heavy atom. The standard InChI is InChI=1S/C43H24N4O3/c1-2-8-31-29(7-1)30-22-25(13-14-32(30)43(31)33-9-3-5-11-37(33)48-38-12-6-4-10-34(38)43)26-19-27(41-46-35-23-44-17-15-39(35)49-41)21-28(20-26)42-47-36-24-45-18-16-40(36)50-42/h1-24H. The molecule has 5 aromatic carbocycles. The molecule has 11 rings (SSSR count). The Hall–Kier alpha value is -6.86. The summed E-state index contributed by atoms with van der Waals surface area (Å²) in [6.07, 6.45) is 6.83. The quantitative estimate of drug-likeness (QED) is 0.189. The van der Waals surface area contributed by atoms with Crippen LogP contribution in [0.3, 0.4) is 0 Å². The van der Waals surface area contributed by atoms with Crippen LogP contribution >= 0.6 is 0 Å². The van der Waals surface area contributed by atoms with E-state index in [2.05, 4.69) is 101 Å². The van der Waals surface area contributed by atoms with E-state index in [0.717, 1.165) is 44.9 Å². The van der Waals surface area contributed by atoms with Crippen molar-refractivity contribution in [1.29, 1.82) is 0 Å². The van der Waals surface area contributed by atoms with E-state index in [4.69, 9.17) is 23.5 Å². The maximum Gasteiger partial charge on any atom is 0.227 e. The zero-order valence-electron chi connectivity index (χ0n) is 26.4. The minimum Gasteiger partial charge on any atom is -0.457 e. The summed E-state index contributed by atoms with van der Waals surface area (Å²) in [5, 5.41) is 0. The third-order valence-electron chi connectivity index (χ3n) is 9.99. The van der Waals surface area contributed by atoms with E-state index in [0.29, 0.717) is 34.0 Å². The number of hydrogen-bond acceptors (Lipinski definition) is 7. The first kappa shape index (κ1) is 27.1. The zero-order valence-corrected chi connectivity index (χ0v) is 26.4. The van der Waals surface area contributed by atoms with Crippen molar-refractivity contribution in [2.75, 3.05) is 0 Å². The summed E-state index contributed by atoms with van der Waals surface area (Å²) in [4.78, 5) is 18.0. The van der Waals surface area contributed by atoms with Crippen molar-refractivity contribution in [2.24, 2.45) is 0 Å². The van der Waals surface area contributed by atoms with Crippen LogP contribution in [0.15, 0.2) is 155 Å². The number of benzene rings is 5. The first-order valence-corrected chi connectivity index (χ1v) is 16.4. The van der Waals surface area contributed by atoms with Crippen molar-refractivity contribution in [3.63, 3.8) is 0 Å². The molecule has 50 heavy (non-hydrogen) atoms. The van der Waals surface area contributed by atoms with E-state index in [9.17, 15) is 0 Å². The maximum absolute atomic E-state index is 6.50. The Balaban J connectivity index is 1.15. The molecule has 0 saturated heterocycles. The Kier molecular flexibility index (Phi) is 5.47. The molecule has 0 bridgehead atoms. The van der Waals surface area contributed by atoms with E-state index >= 15 is 0 Å². The highest BCUT2D eigenvalue weighted by molar-refractivity contribution is 5.91. The summed E-state index contributed by atoms with van der Waals surface area (Å²) in [6.45, 7) is 0. The molecule has 234 valence electrons. The van der Waals surface area contributed by atoms with Gasteiger partial charge in [-0.15, -0.1) is 0 Å². The highest BCUT2D eigenvalue weighted by atomic mass is 16.5. The molecule has 0 saturated carbocycles. The average Bonchev–Trinajstić information content (AvgIpc) is 3.89. The van der Waals surface area contributed by atoms with Gasteiger partial charge in [0.25, 0.3) is 0 Å². The summed E-state index contributed by atoms with van der Waals surface area (Å²) >= 11 is 0. The molecule has 1 spiro atoms. The van der Waals surface area contributed by atoms with Gasteiger partial charge in [-0.3, -0.25) is 9.97 Å². The number of ether oxygens (including phenoxy) is 1. The van der Waals surface area contributed by atoms with Crippen LogP contribution < -0.4 is 4.74 Å². The van der Waals surface area contributed by atoms with Crippen molar-refractivity contribution in [3.05, 3.63) is 168 Å². The van der Waals surface area contributed by atoms with Crippen LogP contribution in [0, 0.1) is 0 Å². The van der Waals surface area contributed by atoms with Gasteiger partial charge >= 0.3 is 0 Å². The third-order valence-corrected chi connectivity index (χ3v) is 9.99. The fourth-order valence-electron chi connectivity index (χ4n) is 7.89. The number of aromatic nitrogens is 4. The lowest BCUT2D eigenvalue weighted by atomic mass is 9.66. The van der Waals surface area contributed by atoms with Crippen LogP contribution in [0.25, 0.3) is 67.4 Å². The number of nitrogens with zero attached hydrogens (tertiary/aromatic N) is 4. The minimum absolute atomic E-state index is 0.495. The second-order valence-corrected chi connectivity index (χ2v) is 12.7. The average molecular weight is 645 g/mol. The van der Waals surface area contributed by atoms with Crippen LogP contribution in [-0.2, 0) is 5.41 Å². The fraction of sp³-hybridized carbons (Fsp3) is 0.0233. The summed E-state index contributed by atoms with van der Waals surface area (Å²) in [7, 11) is 0. The molecule has 0 radical (unpaired) electrons. The number of oxazole rings is 2. The smallest absolute Gasteiger partial charge is 0.227 e. The Morgan fingerprint density at radius 1 is 0.440 bits per heavy atom. The van der Waals surface area contributed by atoms with Gasteiger partial charge in [-0.25, -0.2) is 9.97 Å². The van der Waals surface area contributed by atoms with Crippen molar-refractivity contribution in [1.82, 2.24) is 19.9 Å². The van der Waals surface area contributed by atoms with Crippen LogP contribution in [0.4, 0.5) is 0 Å². The van der Waals surface area contributed by atoms with Gasteiger partial charge in [0.05, 0.1) is 17.8 Å². The number of rotatable bonds is 3. The maximum atomic E-state index is 6.50. The Morgan fingerprint density at radius 3 is 1.60 bits per heavy atom. The molecule has 4 aromatic heterocycles. The molecular weight excluding hydrogens is 620 g/mol. The molecule has 0 atom stereocenters. The number of pyridine rings is 2. The van der Waals surface area contributed by atoms with Crippen LogP contribution in [0.1, 0.15) is 22.3 Å². The van der Waals surface area contributed by atoms with E-state index in [-0.39, 0.29) is 0 Å². The van der Waals surface area contributed by atoms with Crippen LogP contribution in [-0.4, -0.2) is 19.9 Å². The molecule has 5 heterocycles. The van der Waals surface area contributed by atoms with Crippen molar-refractivity contribution in [3.8, 4) is 56.7 Å². The summed E-state index contributed by atoms with van der Waals surface area (Å²) in [5.41, 5.74) is 13.0. The van der Waals surface area contributed by atoms with Crippen molar-refractivity contribution in [2.45, 2.75) is 5.41 Å². The molecule has 0 unspecified atom stereocenters. The van der Waals surface area contributed by atoms with E-state index in [1.807, 2.05) is 30.3 Å². The summed E-state index contributed by atoms with van der Waals surface area (Å²) in [5.74, 6) is 2.74. The Bertz CT molecular complexity index is 2630. The molecule has 0 N–H and O–H groups in total. The molecule has 7 nitrogen and oxygen atoms in total. The van der Waals surface area contributed by atoms with Gasteiger partial charge < -0.3 is 13.6 Å². The normalized spacial score (nSPS) is 13.5. The lowest BCUT2D eigenvalue weighted by Gasteiger charge is -2.39. The van der Waals surface area contributed by atoms with E-state index in [1.54, 1.807) is 24.8 Å². The van der Waals surface area contributed by atoms with Gasteiger partial charge in [-0.05, 0) is 69.8 Å². The molecule has 2 aliphatic rings. The van der Waals surface area contributed by atoms with Gasteiger partial charge in [0.1, 0.15) is 22.5 Å². The molecule has 9 aromatic rings. The molecule has 1 aliphatic carbocycles. The van der Waals surface area contributed by atoms with Gasteiger partial charge in [0, 0.05) is 46.8 Å². The predicted octanol–water partition coefficient (Wildman–Crippen LogP) is 10.2. The molecular formula is C43H24N4O3. The molecule has 0 fully saturated rings. The molecule has 1 aliphatic heterocycles. The second-order valence-electron chi connectivity index (χ2n) is 12.7. The first-order valence-electron chi connectivity index (χ1n) is 16.4. The minimum atomic E-state index is -0.526. The van der Waals surface area contributed by atoms with Crippen LogP contribution in [0.5, 0.6) is 11.5 Å². The summed E-state index contributed by atoms with van der Waals surface area (Å²) in [6, 6.07) is 42.2. The highest BCUT2D eigenvalue weighted by Gasteiger charge is 2.50. The predicted molar refractivity (Wildman–Crippen MR) is 191 cm³/mol. The number of fused-ring (bicyclic) bond motifs is 11. The Labute approximate surface area is 285 Å². The molecule has 7 heteroatoms. The van der Waals surface area contributed by atoms with Crippen molar-refractivity contribution >= 4 is 22.2 Å². The van der Waals surface area contributed by atoms with Gasteiger partial charge in [-0.2, -0.15) is 0 Å². The zero-order chi connectivity index (χ0) is 32.8. The topological polar surface area (TPSA) is 87.1 Å². The lowest BCUT2D eigenvalue weighted by molar-refractivity contribution is 0.436. The first-order chi connectivity index (χ1) is 24.7. The fourth-order valence-corrected chi connectivity index (χ4v) is 7.89. The lowest BCUT2D eigenvalue weighted by Crippen LogP contribution is -2.32. The molecule has 0 amide bonds. The number of para-hydroxylation sites is 2. The van der Waals surface area contributed by atoms with Gasteiger partial charge in [-0.1, -0.05) is 72.8 Å². The second kappa shape index (κ2) is 10.1. The van der Waals surface area contributed by atoms with Gasteiger partial charge in [0.15, 0.2) is 11.2 Å². The monoisotopic (exact) mass is 644 g/mol. The largest absolute Gasteiger partial charge is 0.457 e. The summed E-state index contributed by atoms with van der Waals surface area (Å²) < 4.78 is 19.0. The SMILES string of the molecule is c1ccc2c(c1)Oc1ccccc1C21c2ccccc2-c2cc(-c3cc(-c4nc5cnccc5o4)cc(-c4nc5cnccc5o4)c3)ccc21. The highest BCUT2D eigenvalue weighted by Crippen LogP contribution is 2.62. The third kappa shape index (κ3) is 3.74. The van der Waals surface area contributed by atoms with Gasteiger partial charge in [0.2, 0.25) is 11.8 Å².